The molecule has 3 rings (SSSR count). The average molecular weight is 318 g/mol. The number of carbonyl (C=O) groups is 1. The summed E-state index contributed by atoms with van der Waals surface area (Å²) in [5, 5.41) is 3.77. The molecule has 1 aliphatic heterocycles. The van der Waals surface area contributed by atoms with Crippen LogP contribution < -0.4 is 0 Å². The van der Waals surface area contributed by atoms with Crippen molar-refractivity contribution in [2.45, 2.75) is 20.4 Å². The minimum absolute atomic E-state index is 0.128. The molecule has 1 saturated heterocycles. The van der Waals surface area contributed by atoms with Gasteiger partial charge in [0.15, 0.2) is 5.82 Å². The molecule has 1 aromatic heterocycles. The van der Waals surface area contributed by atoms with E-state index in [1.165, 1.54) is 6.07 Å². The Labute approximate surface area is 133 Å². The van der Waals surface area contributed by atoms with Gasteiger partial charge in [0.2, 0.25) is 5.89 Å². The molecule has 2 aromatic rings. The fourth-order valence-electron chi connectivity index (χ4n) is 2.61. The normalized spacial score (nSPS) is 15.9. The zero-order valence-corrected chi connectivity index (χ0v) is 13.3. The SMILES string of the molecule is Cc1noc(CN2CCN(C(=O)c3ccc(C)c(F)c3)CC2)n1. The Kier molecular flexibility index (Phi) is 4.38. The van der Waals surface area contributed by atoms with E-state index in [0.717, 1.165) is 13.1 Å². The molecule has 1 aromatic carbocycles. The number of nitrogens with zero attached hydrogens (tertiary/aromatic N) is 4. The minimum atomic E-state index is -0.346. The summed E-state index contributed by atoms with van der Waals surface area (Å²) in [6.45, 7) is 6.69. The van der Waals surface area contributed by atoms with E-state index in [9.17, 15) is 9.18 Å². The maximum atomic E-state index is 13.6. The zero-order valence-electron chi connectivity index (χ0n) is 13.3. The quantitative estimate of drug-likeness (QED) is 0.863. The Hall–Kier alpha value is -2.28. The topological polar surface area (TPSA) is 62.5 Å². The Morgan fingerprint density at radius 2 is 2.00 bits per heavy atom. The molecule has 122 valence electrons. The molecule has 7 heteroatoms. The van der Waals surface area contributed by atoms with E-state index in [0.29, 0.717) is 42.5 Å². The first kappa shape index (κ1) is 15.6. The fraction of sp³-hybridized carbons (Fsp3) is 0.438. The van der Waals surface area contributed by atoms with Gasteiger partial charge in [-0.05, 0) is 31.5 Å². The van der Waals surface area contributed by atoms with E-state index < -0.39 is 0 Å². The predicted molar refractivity (Wildman–Crippen MR) is 81.4 cm³/mol. The van der Waals surface area contributed by atoms with Crippen molar-refractivity contribution in [1.82, 2.24) is 19.9 Å². The van der Waals surface area contributed by atoms with Gasteiger partial charge in [-0.25, -0.2) is 4.39 Å². The number of halogens is 1. The van der Waals surface area contributed by atoms with Crippen LogP contribution in [0.25, 0.3) is 0 Å². The van der Waals surface area contributed by atoms with Crippen LogP contribution >= 0.6 is 0 Å². The second-order valence-corrected chi connectivity index (χ2v) is 5.77. The summed E-state index contributed by atoms with van der Waals surface area (Å²) in [5.41, 5.74) is 0.940. The lowest BCUT2D eigenvalue weighted by molar-refractivity contribution is 0.0614. The van der Waals surface area contributed by atoms with Crippen molar-refractivity contribution < 1.29 is 13.7 Å². The summed E-state index contributed by atoms with van der Waals surface area (Å²) in [5.74, 6) is 0.733. The molecule has 0 atom stereocenters. The highest BCUT2D eigenvalue weighted by Crippen LogP contribution is 2.14. The zero-order chi connectivity index (χ0) is 16.4. The van der Waals surface area contributed by atoms with Crippen molar-refractivity contribution in [2.24, 2.45) is 0 Å². The standard InChI is InChI=1S/C16H19FN4O2/c1-11-3-4-13(9-14(11)17)16(22)21-7-5-20(6-8-21)10-15-18-12(2)19-23-15/h3-4,9H,5-8,10H2,1-2H3. The first-order chi connectivity index (χ1) is 11.0. The Bertz CT molecular complexity index is 708. The lowest BCUT2D eigenvalue weighted by Gasteiger charge is -2.34. The molecule has 1 fully saturated rings. The predicted octanol–water partition coefficient (Wildman–Crippen LogP) is 1.78. The van der Waals surface area contributed by atoms with Crippen LogP contribution in [-0.4, -0.2) is 52.0 Å². The van der Waals surface area contributed by atoms with Crippen molar-refractivity contribution in [3.05, 3.63) is 46.9 Å². The Morgan fingerprint density at radius 3 is 2.61 bits per heavy atom. The van der Waals surface area contributed by atoms with Gasteiger partial charge in [-0.3, -0.25) is 9.69 Å². The molecule has 0 unspecified atom stereocenters. The van der Waals surface area contributed by atoms with Gasteiger partial charge < -0.3 is 9.42 Å². The van der Waals surface area contributed by atoms with E-state index in [2.05, 4.69) is 15.0 Å². The van der Waals surface area contributed by atoms with Crippen LogP contribution in [-0.2, 0) is 6.54 Å². The first-order valence-electron chi connectivity index (χ1n) is 7.60. The molecule has 0 spiro atoms. The van der Waals surface area contributed by atoms with Crippen LogP contribution in [0.15, 0.2) is 22.7 Å². The highest BCUT2D eigenvalue weighted by atomic mass is 19.1. The maximum Gasteiger partial charge on any atom is 0.254 e. The number of hydrogen-bond donors (Lipinski definition) is 0. The number of aromatic nitrogens is 2. The van der Waals surface area contributed by atoms with Crippen LogP contribution in [0.5, 0.6) is 0 Å². The van der Waals surface area contributed by atoms with Crippen molar-refractivity contribution in [2.75, 3.05) is 26.2 Å². The third-order valence-electron chi connectivity index (χ3n) is 4.01. The number of rotatable bonds is 3. The summed E-state index contributed by atoms with van der Waals surface area (Å²) in [6, 6.07) is 4.62. The van der Waals surface area contributed by atoms with Gasteiger partial charge in [-0.15, -0.1) is 0 Å². The largest absolute Gasteiger partial charge is 0.338 e. The van der Waals surface area contributed by atoms with Crippen LogP contribution in [0.1, 0.15) is 27.6 Å². The minimum Gasteiger partial charge on any atom is -0.338 e. The van der Waals surface area contributed by atoms with E-state index >= 15 is 0 Å². The Morgan fingerprint density at radius 1 is 1.26 bits per heavy atom. The lowest BCUT2D eigenvalue weighted by atomic mass is 10.1. The van der Waals surface area contributed by atoms with Crippen molar-refractivity contribution in [3.8, 4) is 0 Å². The lowest BCUT2D eigenvalue weighted by Crippen LogP contribution is -2.48. The highest BCUT2D eigenvalue weighted by Gasteiger charge is 2.23. The van der Waals surface area contributed by atoms with Crippen LogP contribution in [0, 0.1) is 19.7 Å². The summed E-state index contributed by atoms with van der Waals surface area (Å²) in [4.78, 5) is 20.5. The first-order valence-corrected chi connectivity index (χ1v) is 7.60. The van der Waals surface area contributed by atoms with Gasteiger partial charge in [-0.2, -0.15) is 4.98 Å². The fourth-order valence-corrected chi connectivity index (χ4v) is 2.61. The van der Waals surface area contributed by atoms with Crippen molar-refractivity contribution in [3.63, 3.8) is 0 Å². The van der Waals surface area contributed by atoms with E-state index in [4.69, 9.17) is 4.52 Å². The molecule has 0 bridgehead atoms. The van der Waals surface area contributed by atoms with Crippen molar-refractivity contribution >= 4 is 5.91 Å². The summed E-state index contributed by atoms with van der Waals surface area (Å²) in [6.07, 6.45) is 0. The van der Waals surface area contributed by atoms with Gasteiger partial charge in [0.1, 0.15) is 5.82 Å². The van der Waals surface area contributed by atoms with Gasteiger partial charge in [0.05, 0.1) is 6.54 Å². The third-order valence-corrected chi connectivity index (χ3v) is 4.01. The van der Waals surface area contributed by atoms with Gasteiger partial charge in [0.25, 0.3) is 5.91 Å². The number of carbonyl (C=O) groups excluding carboxylic acids is 1. The third kappa shape index (κ3) is 3.56. The maximum absolute atomic E-state index is 13.6. The van der Waals surface area contributed by atoms with Gasteiger partial charge in [-0.1, -0.05) is 11.2 Å². The Balaban J connectivity index is 1.57. The van der Waals surface area contributed by atoms with E-state index in [1.54, 1.807) is 30.9 Å². The molecular formula is C16H19FN4O2. The van der Waals surface area contributed by atoms with Crippen LogP contribution in [0.2, 0.25) is 0 Å². The molecule has 0 aliphatic carbocycles. The molecule has 0 saturated carbocycles. The smallest absolute Gasteiger partial charge is 0.254 e. The molecule has 23 heavy (non-hydrogen) atoms. The second kappa shape index (κ2) is 6.45. The van der Waals surface area contributed by atoms with Gasteiger partial charge in [0, 0.05) is 31.7 Å². The monoisotopic (exact) mass is 318 g/mol. The molecule has 6 nitrogen and oxygen atoms in total. The summed E-state index contributed by atoms with van der Waals surface area (Å²) in [7, 11) is 0. The van der Waals surface area contributed by atoms with Crippen LogP contribution in [0.4, 0.5) is 4.39 Å². The van der Waals surface area contributed by atoms with E-state index in [-0.39, 0.29) is 11.7 Å². The molecule has 2 heterocycles. The van der Waals surface area contributed by atoms with E-state index in [1.807, 2.05) is 0 Å². The number of amides is 1. The average Bonchev–Trinajstić information content (AvgIpc) is 2.95. The molecule has 1 aliphatic rings. The summed E-state index contributed by atoms with van der Waals surface area (Å²) >= 11 is 0. The second-order valence-electron chi connectivity index (χ2n) is 5.77. The number of aryl methyl sites for hydroxylation is 2. The van der Waals surface area contributed by atoms with Gasteiger partial charge >= 0.3 is 0 Å². The van der Waals surface area contributed by atoms with Crippen LogP contribution in [0.3, 0.4) is 0 Å². The molecular weight excluding hydrogens is 299 g/mol. The molecule has 0 N–H and O–H groups in total. The number of benzene rings is 1. The molecule has 1 amide bonds. The number of hydrogen-bond acceptors (Lipinski definition) is 5. The summed E-state index contributed by atoms with van der Waals surface area (Å²) < 4.78 is 18.7. The molecule has 0 radical (unpaired) electrons. The highest BCUT2D eigenvalue weighted by molar-refractivity contribution is 5.94. The number of piperazine rings is 1. The van der Waals surface area contributed by atoms with Crippen molar-refractivity contribution in [1.29, 1.82) is 0 Å².